The predicted molar refractivity (Wildman–Crippen MR) is 99.6 cm³/mol. The molecule has 0 saturated heterocycles. The third-order valence-electron chi connectivity index (χ3n) is 3.36. The van der Waals surface area contributed by atoms with Gasteiger partial charge in [0.1, 0.15) is 5.75 Å². The molecule has 1 aromatic rings. The molecule has 0 radical (unpaired) electrons. The highest BCUT2D eigenvalue weighted by atomic mass is 16.6. The SMILES string of the molecule is C=CCC(C#Cc1ccccc1OC(C)C)(C(=O)OCC)C(=O)OCC. The van der Waals surface area contributed by atoms with Gasteiger partial charge in [-0.1, -0.05) is 30.0 Å². The summed E-state index contributed by atoms with van der Waals surface area (Å²) in [6, 6.07) is 7.19. The maximum atomic E-state index is 12.6. The molecule has 1 aromatic carbocycles. The van der Waals surface area contributed by atoms with E-state index in [2.05, 4.69) is 18.4 Å². The quantitative estimate of drug-likeness (QED) is 0.308. The number of carbonyl (C=O) groups is 2. The van der Waals surface area contributed by atoms with Crippen LogP contribution >= 0.6 is 0 Å². The minimum Gasteiger partial charge on any atom is -0.490 e. The van der Waals surface area contributed by atoms with Gasteiger partial charge in [0, 0.05) is 6.42 Å². The van der Waals surface area contributed by atoms with E-state index < -0.39 is 17.4 Å². The number of esters is 2. The highest BCUT2D eigenvalue weighted by Gasteiger charge is 2.47. The lowest BCUT2D eigenvalue weighted by Gasteiger charge is -2.22. The molecular weight excluding hydrogens is 332 g/mol. The minimum absolute atomic E-state index is 0.00906. The number of benzene rings is 1. The highest BCUT2D eigenvalue weighted by Crippen LogP contribution is 2.27. The summed E-state index contributed by atoms with van der Waals surface area (Å²) in [6.45, 7) is 11.0. The first-order valence-electron chi connectivity index (χ1n) is 8.65. The molecule has 5 nitrogen and oxygen atoms in total. The summed E-state index contributed by atoms with van der Waals surface area (Å²) in [6.07, 6.45) is 1.41. The van der Waals surface area contributed by atoms with Gasteiger partial charge in [0.2, 0.25) is 5.41 Å². The number of ether oxygens (including phenoxy) is 3. The molecule has 0 aliphatic rings. The molecule has 1 rings (SSSR count). The zero-order chi connectivity index (χ0) is 19.6. The Morgan fingerprint density at radius 2 is 1.73 bits per heavy atom. The second kappa shape index (κ2) is 10.3. The molecule has 0 N–H and O–H groups in total. The van der Waals surface area contributed by atoms with Crippen molar-refractivity contribution in [2.45, 2.75) is 40.2 Å². The van der Waals surface area contributed by atoms with Gasteiger partial charge < -0.3 is 14.2 Å². The van der Waals surface area contributed by atoms with Crippen molar-refractivity contribution in [1.29, 1.82) is 0 Å². The Morgan fingerprint density at radius 1 is 1.15 bits per heavy atom. The summed E-state index contributed by atoms with van der Waals surface area (Å²) in [5.74, 6) is 4.78. The first-order valence-corrected chi connectivity index (χ1v) is 8.65. The van der Waals surface area contributed by atoms with Crippen LogP contribution in [0.3, 0.4) is 0 Å². The number of hydrogen-bond acceptors (Lipinski definition) is 5. The van der Waals surface area contributed by atoms with Crippen molar-refractivity contribution in [3.05, 3.63) is 42.5 Å². The van der Waals surface area contributed by atoms with E-state index in [1.165, 1.54) is 6.08 Å². The summed E-state index contributed by atoms with van der Waals surface area (Å²) >= 11 is 0. The minimum atomic E-state index is -1.75. The predicted octanol–water partition coefficient (Wildman–Crippen LogP) is 3.51. The Hall–Kier alpha value is -2.74. The van der Waals surface area contributed by atoms with Crippen molar-refractivity contribution >= 4 is 11.9 Å². The average Bonchev–Trinajstić information content (AvgIpc) is 2.59. The Kier molecular flexibility index (Phi) is 8.44. The lowest BCUT2D eigenvalue weighted by molar-refractivity contribution is -0.167. The van der Waals surface area contributed by atoms with Gasteiger partial charge in [0.25, 0.3) is 0 Å². The maximum absolute atomic E-state index is 12.6. The van der Waals surface area contributed by atoms with Gasteiger partial charge in [-0.05, 0) is 39.8 Å². The van der Waals surface area contributed by atoms with Gasteiger partial charge in [-0.15, -0.1) is 6.58 Å². The fourth-order valence-electron chi connectivity index (χ4n) is 2.23. The Balaban J connectivity index is 3.42. The largest absolute Gasteiger partial charge is 0.490 e. The van der Waals surface area contributed by atoms with Crippen molar-refractivity contribution in [2.75, 3.05) is 13.2 Å². The zero-order valence-electron chi connectivity index (χ0n) is 15.8. The van der Waals surface area contributed by atoms with Crippen LogP contribution in [0.2, 0.25) is 0 Å². The summed E-state index contributed by atoms with van der Waals surface area (Å²) in [5.41, 5.74) is -1.18. The molecular formula is C21H26O5. The number of rotatable bonds is 8. The van der Waals surface area contributed by atoms with Crippen molar-refractivity contribution < 1.29 is 23.8 Å². The van der Waals surface area contributed by atoms with Crippen molar-refractivity contribution in [1.82, 2.24) is 0 Å². The molecule has 0 unspecified atom stereocenters. The Labute approximate surface area is 155 Å². The lowest BCUT2D eigenvalue weighted by Crippen LogP contribution is -2.40. The van der Waals surface area contributed by atoms with Crippen LogP contribution in [0.5, 0.6) is 5.75 Å². The molecule has 0 atom stereocenters. The zero-order valence-corrected chi connectivity index (χ0v) is 15.8. The van der Waals surface area contributed by atoms with Crippen molar-refractivity contribution in [2.24, 2.45) is 5.41 Å². The standard InChI is InChI=1S/C21H26O5/c1-6-14-21(19(22)24-7-2,20(23)25-8-3)15-13-17-11-9-10-12-18(17)26-16(4)5/h6,9-12,16H,1,7-8,14H2,2-5H3. The Morgan fingerprint density at radius 3 is 2.23 bits per heavy atom. The number of allylic oxidation sites excluding steroid dienone is 1. The summed E-state index contributed by atoms with van der Waals surface area (Å²) in [7, 11) is 0. The molecule has 0 heterocycles. The second-order valence-electron chi connectivity index (χ2n) is 5.75. The molecule has 0 spiro atoms. The number of carbonyl (C=O) groups excluding carboxylic acids is 2. The van der Waals surface area contributed by atoms with Gasteiger partial charge in [-0.25, -0.2) is 9.59 Å². The molecule has 0 fully saturated rings. The topological polar surface area (TPSA) is 61.8 Å². The summed E-state index contributed by atoms with van der Waals surface area (Å²) in [5, 5.41) is 0. The van der Waals surface area contributed by atoms with Gasteiger partial charge in [0.05, 0.1) is 24.9 Å². The van der Waals surface area contributed by atoms with Crippen LogP contribution in [0.1, 0.15) is 39.7 Å². The maximum Gasteiger partial charge on any atom is 0.336 e. The van der Waals surface area contributed by atoms with Crippen LogP contribution in [0.15, 0.2) is 36.9 Å². The van der Waals surface area contributed by atoms with E-state index in [-0.39, 0.29) is 25.7 Å². The molecule has 5 heteroatoms. The molecule has 140 valence electrons. The first kappa shape index (κ1) is 21.3. The molecule has 0 saturated carbocycles. The third kappa shape index (κ3) is 5.38. The fraction of sp³-hybridized carbons (Fsp3) is 0.429. The van der Waals surface area contributed by atoms with E-state index in [1.807, 2.05) is 19.9 Å². The molecule has 0 bridgehead atoms. The van der Waals surface area contributed by atoms with E-state index in [0.29, 0.717) is 11.3 Å². The van der Waals surface area contributed by atoms with Crippen molar-refractivity contribution in [3.63, 3.8) is 0 Å². The van der Waals surface area contributed by atoms with E-state index in [9.17, 15) is 9.59 Å². The molecule has 0 aromatic heterocycles. The van der Waals surface area contributed by atoms with E-state index >= 15 is 0 Å². The van der Waals surface area contributed by atoms with Gasteiger partial charge in [-0.3, -0.25) is 0 Å². The summed E-state index contributed by atoms with van der Waals surface area (Å²) in [4.78, 5) is 25.1. The Bertz CT molecular complexity index is 676. The van der Waals surface area contributed by atoms with Gasteiger partial charge in [0.15, 0.2) is 0 Å². The van der Waals surface area contributed by atoms with Crippen LogP contribution in [0.25, 0.3) is 0 Å². The second-order valence-corrected chi connectivity index (χ2v) is 5.75. The van der Waals surface area contributed by atoms with Crippen LogP contribution in [0, 0.1) is 17.3 Å². The number of para-hydroxylation sites is 1. The van der Waals surface area contributed by atoms with E-state index in [1.54, 1.807) is 32.0 Å². The monoisotopic (exact) mass is 358 g/mol. The highest BCUT2D eigenvalue weighted by molar-refractivity contribution is 6.04. The number of hydrogen-bond donors (Lipinski definition) is 0. The van der Waals surface area contributed by atoms with Crippen LogP contribution in [0.4, 0.5) is 0 Å². The molecule has 26 heavy (non-hydrogen) atoms. The van der Waals surface area contributed by atoms with Gasteiger partial charge in [-0.2, -0.15) is 0 Å². The normalized spacial score (nSPS) is 10.5. The molecule has 0 aliphatic heterocycles. The third-order valence-corrected chi connectivity index (χ3v) is 3.36. The van der Waals surface area contributed by atoms with Crippen molar-refractivity contribution in [3.8, 4) is 17.6 Å². The average molecular weight is 358 g/mol. The van der Waals surface area contributed by atoms with Crippen LogP contribution in [-0.2, 0) is 19.1 Å². The fourth-order valence-corrected chi connectivity index (χ4v) is 2.23. The van der Waals surface area contributed by atoms with Crippen LogP contribution < -0.4 is 4.74 Å². The van der Waals surface area contributed by atoms with Gasteiger partial charge >= 0.3 is 11.9 Å². The molecule has 0 aliphatic carbocycles. The lowest BCUT2D eigenvalue weighted by atomic mass is 9.84. The first-order chi connectivity index (χ1) is 12.4. The smallest absolute Gasteiger partial charge is 0.336 e. The van der Waals surface area contributed by atoms with E-state index in [0.717, 1.165) is 0 Å². The van der Waals surface area contributed by atoms with E-state index in [4.69, 9.17) is 14.2 Å². The summed E-state index contributed by atoms with van der Waals surface area (Å²) < 4.78 is 15.9. The van der Waals surface area contributed by atoms with Crippen LogP contribution in [-0.4, -0.2) is 31.3 Å². The molecule has 0 amide bonds.